The van der Waals surface area contributed by atoms with Crippen molar-refractivity contribution in [1.82, 2.24) is 0 Å². The van der Waals surface area contributed by atoms with Crippen LogP contribution in [-0.2, 0) is 4.79 Å². The van der Waals surface area contributed by atoms with Crippen molar-refractivity contribution in [2.75, 3.05) is 16.4 Å². The van der Waals surface area contributed by atoms with Crippen molar-refractivity contribution >= 4 is 35.0 Å². The van der Waals surface area contributed by atoms with E-state index >= 15 is 0 Å². The molecule has 0 aliphatic carbocycles. The van der Waals surface area contributed by atoms with Gasteiger partial charge in [-0.1, -0.05) is 47.5 Å². The lowest BCUT2D eigenvalue weighted by molar-refractivity contribution is -0.113. The number of carbonyl (C=O) groups is 2. The summed E-state index contributed by atoms with van der Waals surface area (Å²) in [5.41, 5.74) is 4.33. The van der Waals surface area contributed by atoms with Crippen molar-refractivity contribution in [2.45, 2.75) is 18.7 Å². The molecule has 0 bridgehead atoms. The fraction of sp³-hybridized carbons (Fsp3) is 0.130. The van der Waals surface area contributed by atoms with Crippen LogP contribution in [0.1, 0.15) is 21.5 Å². The van der Waals surface area contributed by atoms with Gasteiger partial charge in [0.05, 0.1) is 11.3 Å². The van der Waals surface area contributed by atoms with Crippen molar-refractivity contribution in [3.63, 3.8) is 0 Å². The molecule has 0 atom stereocenters. The zero-order valence-electron chi connectivity index (χ0n) is 15.9. The van der Waals surface area contributed by atoms with E-state index in [2.05, 4.69) is 10.6 Å². The average Bonchev–Trinajstić information content (AvgIpc) is 2.70. The van der Waals surface area contributed by atoms with Gasteiger partial charge in [-0.25, -0.2) is 0 Å². The zero-order chi connectivity index (χ0) is 19.9. The fourth-order valence-corrected chi connectivity index (χ4v) is 3.44. The van der Waals surface area contributed by atoms with E-state index in [4.69, 9.17) is 0 Å². The van der Waals surface area contributed by atoms with Crippen molar-refractivity contribution in [1.29, 1.82) is 0 Å². The summed E-state index contributed by atoms with van der Waals surface area (Å²) < 4.78 is 0. The molecule has 3 aromatic carbocycles. The van der Waals surface area contributed by atoms with Crippen LogP contribution in [-0.4, -0.2) is 17.6 Å². The van der Waals surface area contributed by atoms with E-state index < -0.39 is 0 Å². The van der Waals surface area contributed by atoms with E-state index in [0.717, 1.165) is 27.4 Å². The molecule has 0 unspecified atom stereocenters. The van der Waals surface area contributed by atoms with Gasteiger partial charge >= 0.3 is 0 Å². The highest BCUT2D eigenvalue weighted by atomic mass is 32.2. The first-order valence-corrected chi connectivity index (χ1v) is 9.96. The van der Waals surface area contributed by atoms with Gasteiger partial charge in [-0.2, -0.15) is 0 Å². The zero-order valence-corrected chi connectivity index (χ0v) is 16.7. The normalized spacial score (nSPS) is 10.4. The molecule has 4 nitrogen and oxygen atoms in total. The predicted molar refractivity (Wildman–Crippen MR) is 116 cm³/mol. The standard InChI is InChI=1S/C23H22N2O2S/c1-16-7-11-18(12-8-16)24-22(26)15-28-21-6-4-3-5-20(21)23(27)25-19-13-9-17(2)10-14-19/h3-14H,15H2,1-2H3,(H,24,26)(H,25,27). The summed E-state index contributed by atoms with van der Waals surface area (Å²) in [7, 11) is 0. The van der Waals surface area contributed by atoms with E-state index in [1.807, 2.05) is 80.6 Å². The first-order valence-electron chi connectivity index (χ1n) is 8.97. The maximum atomic E-state index is 12.7. The molecule has 0 aromatic heterocycles. The van der Waals surface area contributed by atoms with Gasteiger partial charge in [-0.05, 0) is 50.2 Å². The van der Waals surface area contributed by atoms with E-state index in [0.29, 0.717) is 5.56 Å². The summed E-state index contributed by atoms with van der Waals surface area (Å²) in [6.07, 6.45) is 0. The van der Waals surface area contributed by atoms with E-state index in [9.17, 15) is 9.59 Å². The van der Waals surface area contributed by atoms with Gasteiger partial charge in [0.15, 0.2) is 0 Å². The second-order valence-corrected chi connectivity index (χ2v) is 7.54. The van der Waals surface area contributed by atoms with Crippen LogP contribution in [0.15, 0.2) is 77.7 Å². The third-order valence-corrected chi connectivity index (χ3v) is 5.21. The van der Waals surface area contributed by atoms with Crippen molar-refractivity contribution in [3.05, 3.63) is 89.5 Å². The molecule has 142 valence electrons. The molecule has 0 radical (unpaired) electrons. The van der Waals surface area contributed by atoms with E-state index in [1.54, 1.807) is 6.07 Å². The van der Waals surface area contributed by atoms with Crippen LogP contribution in [0.25, 0.3) is 0 Å². The van der Waals surface area contributed by atoms with Gasteiger partial charge in [-0.3, -0.25) is 9.59 Å². The smallest absolute Gasteiger partial charge is 0.256 e. The summed E-state index contributed by atoms with van der Waals surface area (Å²) in [5.74, 6) is -0.0728. The Labute approximate surface area is 169 Å². The van der Waals surface area contributed by atoms with Crippen molar-refractivity contribution in [3.8, 4) is 0 Å². The summed E-state index contributed by atoms with van der Waals surface area (Å²) in [4.78, 5) is 25.7. The second-order valence-electron chi connectivity index (χ2n) is 6.52. The Balaban J connectivity index is 1.63. The molecule has 2 N–H and O–H groups in total. The molecule has 0 saturated carbocycles. The molecule has 0 saturated heterocycles. The third kappa shape index (κ3) is 5.47. The van der Waals surface area contributed by atoms with Crippen LogP contribution in [0.3, 0.4) is 0 Å². The van der Waals surface area contributed by atoms with E-state index in [-0.39, 0.29) is 17.6 Å². The lowest BCUT2D eigenvalue weighted by Gasteiger charge is -2.10. The summed E-state index contributed by atoms with van der Waals surface area (Å²) in [6, 6.07) is 22.6. The quantitative estimate of drug-likeness (QED) is 0.563. The van der Waals surface area contributed by atoms with Gasteiger partial charge in [0.2, 0.25) is 5.91 Å². The number of hydrogen-bond acceptors (Lipinski definition) is 3. The lowest BCUT2D eigenvalue weighted by Crippen LogP contribution is -2.15. The van der Waals surface area contributed by atoms with Gasteiger partial charge in [0.25, 0.3) is 5.91 Å². The topological polar surface area (TPSA) is 58.2 Å². The highest BCUT2D eigenvalue weighted by Gasteiger charge is 2.13. The molecule has 2 amide bonds. The van der Waals surface area contributed by atoms with Crippen LogP contribution < -0.4 is 10.6 Å². The molecule has 0 heterocycles. The van der Waals surface area contributed by atoms with Crippen LogP contribution in [0, 0.1) is 13.8 Å². The van der Waals surface area contributed by atoms with Gasteiger partial charge in [0.1, 0.15) is 0 Å². The summed E-state index contributed by atoms with van der Waals surface area (Å²) in [6.45, 7) is 4.00. The van der Waals surface area contributed by atoms with Crippen molar-refractivity contribution in [2.24, 2.45) is 0 Å². The number of amides is 2. The van der Waals surface area contributed by atoms with Crippen LogP contribution in [0.5, 0.6) is 0 Å². The number of carbonyl (C=O) groups excluding carboxylic acids is 2. The van der Waals surface area contributed by atoms with Gasteiger partial charge in [0, 0.05) is 16.3 Å². The van der Waals surface area contributed by atoms with Crippen LogP contribution in [0.2, 0.25) is 0 Å². The minimum Gasteiger partial charge on any atom is -0.325 e. The fourth-order valence-electron chi connectivity index (χ4n) is 2.59. The highest BCUT2D eigenvalue weighted by Crippen LogP contribution is 2.24. The van der Waals surface area contributed by atoms with Gasteiger partial charge in [-0.15, -0.1) is 11.8 Å². The third-order valence-electron chi connectivity index (χ3n) is 4.14. The number of aryl methyl sites for hydroxylation is 2. The molecule has 0 fully saturated rings. The van der Waals surface area contributed by atoms with Gasteiger partial charge < -0.3 is 10.6 Å². The van der Waals surface area contributed by atoms with Crippen LogP contribution in [0.4, 0.5) is 11.4 Å². The number of benzene rings is 3. The number of nitrogens with one attached hydrogen (secondary N) is 2. The number of rotatable bonds is 6. The number of thioether (sulfide) groups is 1. The maximum absolute atomic E-state index is 12.7. The average molecular weight is 391 g/mol. The highest BCUT2D eigenvalue weighted by molar-refractivity contribution is 8.00. The Bertz CT molecular complexity index is 967. The molecular formula is C23H22N2O2S. The molecule has 28 heavy (non-hydrogen) atoms. The number of hydrogen-bond donors (Lipinski definition) is 2. The summed E-state index contributed by atoms with van der Waals surface area (Å²) >= 11 is 1.35. The summed E-state index contributed by atoms with van der Waals surface area (Å²) in [5, 5.41) is 5.78. The molecule has 0 aliphatic rings. The lowest BCUT2D eigenvalue weighted by atomic mass is 10.2. The van der Waals surface area contributed by atoms with Crippen molar-refractivity contribution < 1.29 is 9.59 Å². The molecular weight excluding hydrogens is 368 g/mol. The molecule has 3 aromatic rings. The molecule has 0 aliphatic heterocycles. The first-order chi connectivity index (χ1) is 13.5. The minimum absolute atomic E-state index is 0.109. The molecule has 0 spiro atoms. The Morgan fingerprint density at radius 3 is 1.89 bits per heavy atom. The predicted octanol–water partition coefficient (Wildman–Crippen LogP) is 5.29. The Morgan fingerprint density at radius 2 is 1.29 bits per heavy atom. The monoisotopic (exact) mass is 390 g/mol. The Hall–Kier alpha value is -3.05. The SMILES string of the molecule is Cc1ccc(NC(=O)CSc2ccccc2C(=O)Nc2ccc(C)cc2)cc1. The van der Waals surface area contributed by atoms with Crippen LogP contribution >= 0.6 is 11.8 Å². The molecule has 3 rings (SSSR count). The largest absolute Gasteiger partial charge is 0.325 e. The Morgan fingerprint density at radius 1 is 0.750 bits per heavy atom. The second kappa shape index (κ2) is 9.24. The van der Waals surface area contributed by atoms with E-state index in [1.165, 1.54) is 11.8 Å². The molecule has 5 heteroatoms. The first kappa shape index (κ1) is 19.7. The maximum Gasteiger partial charge on any atom is 0.256 e. The minimum atomic E-state index is -0.189. The Kier molecular flexibility index (Phi) is 6.50. The number of anilines is 2.